The zero-order valence-corrected chi connectivity index (χ0v) is 44.0. The number of ketones is 1. The lowest BCUT2D eigenvalue weighted by Crippen LogP contribution is -2.70. The third kappa shape index (κ3) is 16.0. The fourth-order valence-corrected chi connectivity index (χ4v) is 10.2. The Kier molecular flexibility index (Phi) is 23.6. The molecule has 11 N–H and O–H groups in total. The van der Waals surface area contributed by atoms with Crippen molar-refractivity contribution in [2.24, 2.45) is 5.92 Å². The highest BCUT2D eigenvalue weighted by atomic mass is 32.2. The van der Waals surface area contributed by atoms with E-state index in [0.29, 0.717) is 18.2 Å². The molecule has 0 aromatic rings. The SMILES string of the molecule is CC[C@H](C)C(=O)O[C@@H](C)[C@@]1(O)[C@H](C)O[C@@H](O[C@@H]2[C@H](OC(=O)C(CCSC[C@H](NC(C)=O)C(=O)O)NC(=S)SC[C@H](NC(C)=O)C(=O)O)[C@@H](COC(C)=O)OC([C@@]3(O)CC(=O)C(=N)C(C(=O)O)=C3O)[C@@H]2O)C[C@@H]1OC. The standard InChI is InChI=1S/C44H64N4O23S3/c1-9-17(2)40(61)68-19(4)44(64)18(3)67-29(12-28(44)65-8)70-34-32(53)36(43(63)13-26(52)31(45)30(35(43)54)39(59)60)69-27(14-66-22(7)51)33(34)71-41(62)23(10-11-73-15-24(37(55)56)46-20(5)49)48-42(72)74-16-25(38(57)58)47-21(6)50/h17-19,23-25,27-29,32-34,36,45,53-54,63-64H,9-16H2,1-8H3,(H,46,49)(H,47,50)(H,48,72)(H,55,56)(H,57,58)(H,59,60)/t17-,18-,19-,23?,24-,25-,27+,28-,29-,32+,33+,34-,36?,43+,44-/m0/s1. The van der Waals surface area contributed by atoms with E-state index in [4.69, 9.17) is 50.8 Å². The topological polar surface area (TPSA) is 420 Å². The van der Waals surface area contributed by atoms with Crippen molar-refractivity contribution in [2.75, 3.05) is 31.0 Å². The van der Waals surface area contributed by atoms with E-state index in [-0.39, 0.29) is 28.0 Å². The summed E-state index contributed by atoms with van der Waals surface area (Å²) in [6.45, 7) is 8.40. The molecule has 2 saturated heterocycles. The summed E-state index contributed by atoms with van der Waals surface area (Å²) in [6, 6.07) is -4.36. The van der Waals surface area contributed by atoms with Crippen LogP contribution in [-0.4, -0.2) is 215 Å². The molecule has 2 fully saturated rings. The zero-order chi connectivity index (χ0) is 56.2. The predicted molar refractivity (Wildman–Crippen MR) is 260 cm³/mol. The number of esters is 3. The van der Waals surface area contributed by atoms with E-state index in [0.717, 1.165) is 32.5 Å². The quantitative estimate of drug-likeness (QED) is 0.0220. The number of carbonyl (C=O) groups is 9. The van der Waals surface area contributed by atoms with Crippen molar-refractivity contribution in [3.63, 3.8) is 0 Å². The summed E-state index contributed by atoms with van der Waals surface area (Å²) >= 11 is 7.08. The highest BCUT2D eigenvalue weighted by molar-refractivity contribution is 8.23. The maximum absolute atomic E-state index is 14.6. The lowest BCUT2D eigenvalue weighted by molar-refractivity contribution is -0.345. The number of thioether (sulfide) groups is 2. The van der Waals surface area contributed by atoms with E-state index in [2.05, 4.69) is 16.0 Å². The van der Waals surface area contributed by atoms with Crippen molar-refractivity contribution >= 4 is 99.2 Å². The number of hydrogen-bond donors (Lipinski definition) is 11. The summed E-state index contributed by atoms with van der Waals surface area (Å²) in [5.74, 6) is -13.0. The smallest absolute Gasteiger partial charge is 0.341 e. The molecule has 27 nitrogen and oxygen atoms in total. The number of methoxy groups -OCH3 is 1. The van der Waals surface area contributed by atoms with Gasteiger partial charge in [0.05, 0.1) is 24.5 Å². The van der Waals surface area contributed by atoms with Crippen molar-refractivity contribution in [3.8, 4) is 0 Å². The molecule has 3 aliphatic rings. The molecule has 416 valence electrons. The molecular formula is C44H64N4O23S3. The number of thiocarbonyl (C=S) groups is 1. The van der Waals surface area contributed by atoms with Gasteiger partial charge in [0.2, 0.25) is 11.8 Å². The van der Waals surface area contributed by atoms with Crippen molar-refractivity contribution in [1.82, 2.24) is 16.0 Å². The van der Waals surface area contributed by atoms with Crippen molar-refractivity contribution in [1.29, 1.82) is 5.41 Å². The van der Waals surface area contributed by atoms with Gasteiger partial charge in [-0.2, -0.15) is 11.8 Å². The molecule has 1 aliphatic carbocycles. The summed E-state index contributed by atoms with van der Waals surface area (Å²) in [6.07, 6.45) is -17.8. The molecule has 0 radical (unpaired) electrons. The van der Waals surface area contributed by atoms with Gasteiger partial charge in [0.1, 0.15) is 76.6 Å². The fraction of sp³-hybridized carbons (Fsp3) is 0.705. The van der Waals surface area contributed by atoms with Crippen LogP contribution in [0.4, 0.5) is 0 Å². The average Bonchev–Trinajstić information content (AvgIpc) is 3.30. The van der Waals surface area contributed by atoms with E-state index >= 15 is 0 Å². The van der Waals surface area contributed by atoms with Crippen molar-refractivity contribution in [2.45, 2.75) is 159 Å². The first kappa shape index (κ1) is 63.2. The Bertz CT molecular complexity index is 2180. The molecule has 2 heterocycles. The van der Waals surface area contributed by atoms with Gasteiger partial charge in [-0.1, -0.05) is 37.8 Å². The van der Waals surface area contributed by atoms with E-state index in [1.165, 1.54) is 21.0 Å². The predicted octanol–water partition coefficient (Wildman–Crippen LogP) is -1.27. The molecule has 0 saturated carbocycles. The van der Waals surface area contributed by atoms with Gasteiger partial charge in [0.15, 0.2) is 29.4 Å². The van der Waals surface area contributed by atoms with Crippen LogP contribution >= 0.6 is 35.7 Å². The second kappa shape index (κ2) is 27.7. The molecule has 74 heavy (non-hydrogen) atoms. The molecule has 2 unspecified atom stereocenters. The van der Waals surface area contributed by atoms with Crippen LogP contribution < -0.4 is 16.0 Å². The molecule has 15 atom stereocenters. The molecule has 0 bridgehead atoms. The highest BCUT2D eigenvalue weighted by Crippen LogP contribution is 2.42. The van der Waals surface area contributed by atoms with E-state index in [1.54, 1.807) is 13.8 Å². The number of hydrogen-bond acceptors (Lipinski definition) is 24. The van der Waals surface area contributed by atoms with Crippen LogP contribution in [0.3, 0.4) is 0 Å². The average molecular weight is 1110 g/mol. The molecule has 30 heteroatoms. The van der Waals surface area contributed by atoms with Gasteiger partial charge in [0, 0.05) is 45.8 Å². The summed E-state index contributed by atoms with van der Waals surface area (Å²) in [7, 11) is 1.22. The maximum Gasteiger partial charge on any atom is 0.341 e. The first-order valence-corrected chi connectivity index (χ1v) is 25.5. The van der Waals surface area contributed by atoms with Crippen LogP contribution in [0.5, 0.6) is 0 Å². The number of aliphatic hydroxyl groups excluding tert-OH is 2. The minimum absolute atomic E-state index is 0.0659. The monoisotopic (exact) mass is 1110 g/mol. The second-order valence-corrected chi connectivity index (χ2v) is 20.5. The molecule has 2 aliphatic heterocycles. The lowest BCUT2D eigenvalue weighted by atomic mass is 9.74. The summed E-state index contributed by atoms with van der Waals surface area (Å²) in [5.41, 5.74) is -7.80. The van der Waals surface area contributed by atoms with Gasteiger partial charge < -0.3 is 84.9 Å². The summed E-state index contributed by atoms with van der Waals surface area (Å²) in [5, 5.41) is 92.2. The Morgan fingerprint density at radius 1 is 0.905 bits per heavy atom. The minimum Gasteiger partial charge on any atom is -0.508 e. The second-order valence-electron chi connectivity index (χ2n) is 17.6. The number of ether oxygens (including phenoxy) is 7. The number of carboxylic acids is 3. The Morgan fingerprint density at radius 2 is 1.50 bits per heavy atom. The number of Topliss-reactive ketones (excluding diaryl/α,β-unsaturated/α-hetero) is 1. The third-order valence-corrected chi connectivity index (χ3v) is 14.7. The molecule has 0 aromatic heterocycles. The molecule has 0 aromatic carbocycles. The summed E-state index contributed by atoms with van der Waals surface area (Å²) in [4.78, 5) is 112. The Labute approximate surface area is 437 Å². The van der Waals surface area contributed by atoms with Crippen LogP contribution in [0.1, 0.15) is 74.1 Å². The first-order valence-electron chi connectivity index (χ1n) is 22.9. The zero-order valence-electron chi connectivity index (χ0n) is 41.5. The van der Waals surface area contributed by atoms with Crippen LogP contribution in [0.25, 0.3) is 0 Å². The van der Waals surface area contributed by atoms with Gasteiger partial charge in [-0.15, -0.1) is 0 Å². The number of rotatable bonds is 25. The first-order chi connectivity index (χ1) is 34.4. The normalized spacial score (nSPS) is 29.1. The molecule has 3 rings (SSSR count). The van der Waals surface area contributed by atoms with Crippen molar-refractivity contribution in [3.05, 3.63) is 11.3 Å². The van der Waals surface area contributed by atoms with E-state index in [1.807, 2.05) is 0 Å². The largest absolute Gasteiger partial charge is 0.508 e. The molecule has 2 amide bonds. The Balaban J connectivity index is 2.18. The number of aliphatic carboxylic acids is 3. The number of carboxylic acid groups (broad SMARTS) is 3. The minimum atomic E-state index is -3.17. The highest BCUT2D eigenvalue weighted by Gasteiger charge is 2.62. The van der Waals surface area contributed by atoms with Gasteiger partial charge in [-0.25, -0.2) is 19.2 Å². The Morgan fingerprint density at radius 3 is 2.03 bits per heavy atom. The molecule has 0 spiro atoms. The van der Waals surface area contributed by atoms with E-state index in [9.17, 15) is 78.9 Å². The Hall–Kier alpha value is -5.05. The maximum atomic E-state index is 14.6. The van der Waals surface area contributed by atoms with Crippen LogP contribution in [0.15, 0.2) is 11.3 Å². The number of aliphatic hydroxyl groups is 4. The fourth-order valence-electron chi connectivity index (χ4n) is 8.05. The van der Waals surface area contributed by atoms with Crippen molar-refractivity contribution < 1.29 is 112 Å². The number of nitrogens with one attached hydrogen (secondary N) is 4. The van der Waals surface area contributed by atoms with Crippen LogP contribution in [0, 0.1) is 11.3 Å². The van der Waals surface area contributed by atoms with Gasteiger partial charge in [-0.3, -0.25) is 29.4 Å². The van der Waals surface area contributed by atoms with Gasteiger partial charge >= 0.3 is 35.8 Å². The molecular weight excluding hydrogens is 1050 g/mol. The lowest BCUT2D eigenvalue weighted by Gasteiger charge is -2.52. The summed E-state index contributed by atoms with van der Waals surface area (Å²) < 4.78 is 40.7. The number of amides is 2. The van der Waals surface area contributed by atoms with Crippen LogP contribution in [-0.2, 0) is 76.3 Å². The number of carbonyl (C=O) groups excluding carboxylic acids is 6. The van der Waals surface area contributed by atoms with Gasteiger partial charge in [-0.05, 0) is 32.4 Å². The third-order valence-electron chi connectivity index (χ3n) is 12.3. The van der Waals surface area contributed by atoms with E-state index < -0.39 is 180 Å². The van der Waals surface area contributed by atoms with Crippen LogP contribution in [0.2, 0.25) is 0 Å². The van der Waals surface area contributed by atoms with Gasteiger partial charge in [0.25, 0.3) is 0 Å².